The monoisotopic (exact) mass is 315 g/mol. The van der Waals surface area contributed by atoms with Gasteiger partial charge in [0, 0.05) is 12.7 Å². The maximum Gasteiger partial charge on any atom is 0.0884 e. The summed E-state index contributed by atoms with van der Waals surface area (Å²) in [6, 6.07) is 1.98. The van der Waals surface area contributed by atoms with Gasteiger partial charge in [0.05, 0.1) is 11.4 Å². The fourth-order valence-electron chi connectivity index (χ4n) is 3.25. The van der Waals surface area contributed by atoms with Crippen LogP contribution in [-0.2, 0) is 0 Å². The highest BCUT2D eigenvalue weighted by molar-refractivity contribution is 5.72. The molecule has 0 atom stereocenters. The molecular formula is C19H29N3O. The predicted octanol–water partition coefficient (Wildman–Crippen LogP) is 3.91. The Morgan fingerprint density at radius 2 is 2.13 bits per heavy atom. The molecule has 0 aromatic carbocycles. The Morgan fingerprint density at radius 3 is 2.78 bits per heavy atom. The largest absolute Gasteiger partial charge is 0.312 e. The molecule has 0 spiro atoms. The Hall–Kier alpha value is -1.65. The standard InChI is InChI=1S/C19H29N3O/c1-4-17(13-20-12-16-8-6-5-7-9-16)18-10-19(15(3)22-23)21-11-14(18)2/h4,10-11,16,20,22-23H,3,5-9,12-13H2,1-2H3/b17-4-. The summed E-state index contributed by atoms with van der Waals surface area (Å²) in [7, 11) is 0. The summed E-state index contributed by atoms with van der Waals surface area (Å²) in [4.78, 5) is 4.31. The average molecular weight is 315 g/mol. The van der Waals surface area contributed by atoms with Gasteiger partial charge >= 0.3 is 0 Å². The normalized spacial score (nSPS) is 16.4. The summed E-state index contributed by atoms with van der Waals surface area (Å²) < 4.78 is 0. The van der Waals surface area contributed by atoms with E-state index < -0.39 is 0 Å². The third-order valence-electron chi connectivity index (χ3n) is 4.71. The van der Waals surface area contributed by atoms with Crippen molar-refractivity contribution < 1.29 is 5.21 Å². The molecule has 1 saturated carbocycles. The van der Waals surface area contributed by atoms with Gasteiger partial charge in [0.25, 0.3) is 0 Å². The van der Waals surface area contributed by atoms with Gasteiger partial charge in [0.15, 0.2) is 0 Å². The molecule has 2 rings (SSSR count). The Kier molecular flexibility index (Phi) is 6.81. The van der Waals surface area contributed by atoms with Crippen molar-refractivity contribution in [3.63, 3.8) is 0 Å². The molecule has 0 aliphatic heterocycles. The predicted molar refractivity (Wildman–Crippen MR) is 96.0 cm³/mol. The number of hydrogen-bond donors (Lipinski definition) is 3. The van der Waals surface area contributed by atoms with Gasteiger partial charge in [0.2, 0.25) is 0 Å². The average Bonchev–Trinajstić information content (AvgIpc) is 2.60. The SMILES string of the molecule is C=C(NO)c1cc(/C(=C\C)CNCC2CCCCC2)c(C)cn1. The van der Waals surface area contributed by atoms with E-state index in [4.69, 9.17) is 5.21 Å². The van der Waals surface area contributed by atoms with Gasteiger partial charge in [0.1, 0.15) is 0 Å². The molecule has 0 bridgehead atoms. The third-order valence-corrected chi connectivity index (χ3v) is 4.71. The molecule has 1 fully saturated rings. The minimum Gasteiger partial charge on any atom is -0.312 e. The summed E-state index contributed by atoms with van der Waals surface area (Å²) in [6.45, 7) is 9.85. The molecule has 0 amide bonds. The van der Waals surface area contributed by atoms with Crippen LogP contribution in [-0.4, -0.2) is 23.3 Å². The van der Waals surface area contributed by atoms with Crippen molar-refractivity contribution in [3.8, 4) is 0 Å². The zero-order valence-electron chi connectivity index (χ0n) is 14.4. The van der Waals surface area contributed by atoms with E-state index >= 15 is 0 Å². The van der Waals surface area contributed by atoms with E-state index in [0.717, 1.165) is 30.1 Å². The first-order valence-corrected chi connectivity index (χ1v) is 8.58. The molecule has 4 heteroatoms. The van der Waals surface area contributed by atoms with Crippen LogP contribution in [0.2, 0.25) is 0 Å². The first-order valence-electron chi connectivity index (χ1n) is 8.58. The number of rotatable bonds is 7. The molecule has 1 heterocycles. The highest BCUT2D eigenvalue weighted by Crippen LogP contribution is 2.24. The fraction of sp³-hybridized carbons (Fsp3) is 0.526. The number of allylic oxidation sites excluding steroid dienone is 1. The van der Waals surface area contributed by atoms with Crippen molar-refractivity contribution >= 4 is 11.3 Å². The summed E-state index contributed by atoms with van der Waals surface area (Å²) >= 11 is 0. The van der Waals surface area contributed by atoms with Crippen LogP contribution >= 0.6 is 0 Å². The van der Waals surface area contributed by atoms with E-state index in [1.165, 1.54) is 37.7 Å². The number of nitrogens with zero attached hydrogens (tertiary/aromatic N) is 1. The lowest BCUT2D eigenvalue weighted by atomic mass is 9.89. The second-order valence-corrected chi connectivity index (χ2v) is 6.42. The molecule has 23 heavy (non-hydrogen) atoms. The summed E-state index contributed by atoms with van der Waals surface area (Å²) in [6.07, 6.45) is 10.9. The fourth-order valence-corrected chi connectivity index (χ4v) is 3.25. The van der Waals surface area contributed by atoms with Crippen molar-refractivity contribution in [1.29, 1.82) is 0 Å². The molecule has 3 N–H and O–H groups in total. The van der Waals surface area contributed by atoms with Crippen molar-refractivity contribution in [2.75, 3.05) is 13.1 Å². The second kappa shape index (κ2) is 8.85. The molecule has 4 nitrogen and oxygen atoms in total. The number of aromatic nitrogens is 1. The van der Waals surface area contributed by atoms with Crippen molar-refractivity contribution in [3.05, 3.63) is 41.7 Å². The third kappa shape index (κ3) is 4.91. The second-order valence-electron chi connectivity index (χ2n) is 6.42. The van der Waals surface area contributed by atoms with Crippen molar-refractivity contribution in [2.24, 2.45) is 5.92 Å². The van der Waals surface area contributed by atoms with Crippen molar-refractivity contribution in [1.82, 2.24) is 15.8 Å². The lowest BCUT2D eigenvalue weighted by molar-refractivity contribution is 0.224. The Labute approximate surface area is 139 Å². The van der Waals surface area contributed by atoms with Crippen molar-refractivity contribution in [2.45, 2.75) is 46.0 Å². The van der Waals surface area contributed by atoms with Crippen LogP contribution in [0.25, 0.3) is 11.3 Å². The van der Waals surface area contributed by atoms with E-state index in [2.05, 4.69) is 42.3 Å². The quantitative estimate of drug-likeness (QED) is 0.668. The molecule has 1 aliphatic carbocycles. The number of aryl methyl sites for hydroxylation is 1. The van der Waals surface area contributed by atoms with Crippen LogP contribution in [0.3, 0.4) is 0 Å². The molecule has 0 radical (unpaired) electrons. The molecule has 126 valence electrons. The van der Waals surface area contributed by atoms with Crippen LogP contribution in [0.1, 0.15) is 55.8 Å². The summed E-state index contributed by atoms with van der Waals surface area (Å²) in [5.41, 5.74) is 6.71. The van der Waals surface area contributed by atoms with E-state index in [1.54, 1.807) is 0 Å². The van der Waals surface area contributed by atoms with Gasteiger partial charge in [-0.05, 0) is 61.9 Å². The zero-order valence-corrected chi connectivity index (χ0v) is 14.4. The number of pyridine rings is 1. The summed E-state index contributed by atoms with van der Waals surface area (Å²) in [5.74, 6) is 0.828. The van der Waals surface area contributed by atoms with E-state index in [0.29, 0.717) is 11.4 Å². The Bertz CT molecular complexity index is 560. The molecular weight excluding hydrogens is 286 g/mol. The van der Waals surface area contributed by atoms with E-state index in [9.17, 15) is 0 Å². The van der Waals surface area contributed by atoms with Gasteiger partial charge in [-0.2, -0.15) is 0 Å². The topological polar surface area (TPSA) is 57.2 Å². The van der Waals surface area contributed by atoms with Crippen LogP contribution < -0.4 is 10.8 Å². The highest BCUT2D eigenvalue weighted by atomic mass is 16.5. The minimum atomic E-state index is 0.414. The molecule has 1 aromatic heterocycles. The zero-order chi connectivity index (χ0) is 16.7. The van der Waals surface area contributed by atoms with Gasteiger partial charge in [-0.3, -0.25) is 15.7 Å². The lowest BCUT2D eigenvalue weighted by Crippen LogP contribution is -2.26. The molecule has 0 saturated heterocycles. The lowest BCUT2D eigenvalue weighted by Gasteiger charge is -2.22. The Morgan fingerprint density at radius 1 is 1.39 bits per heavy atom. The van der Waals surface area contributed by atoms with Gasteiger partial charge in [-0.15, -0.1) is 0 Å². The van der Waals surface area contributed by atoms with E-state index in [1.807, 2.05) is 12.3 Å². The highest BCUT2D eigenvalue weighted by Gasteiger charge is 2.13. The first kappa shape index (κ1) is 17.7. The van der Waals surface area contributed by atoms with Crippen LogP contribution in [0.5, 0.6) is 0 Å². The smallest absolute Gasteiger partial charge is 0.0884 e. The molecule has 0 unspecified atom stereocenters. The molecule has 1 aliphatic rings. The van der Waals surface area contributed by atoms with Gasteiger partial charge in [-0.1, -0.05) is 31.9 Å². The minimum absolute atomic E-state index is 0.414. The van der Waals surface area contributed by atoms with Crippen LogP contribution in [0.4, 0.5) is 0 Å². The number of nitrogens with one attached hydrogen (secondary N) is 2. The van der Waals surface area contributed by atoms with Crippen LogP contribution in [0, 0.1) is 12.8 Å². The Balaban J connectivity index is 2.01. The van der Waals surface area contributed by atoms with Gasteiger partial charge in [-0.25, -0.2) is 0 Å². The summed E-state index contributed by atoms with van der Waals surface area (Å²) in [5, 5.41) is 12.6. The maximum absolute atomic E-state index is 9.01. The number of hydrogen-bond acceptors (Lipinski definition) is 4. The maximum atomic E-state index is 9.01. The van der Waals surface area contributed by atoms with Crippen LogP contribution in [0.15, 0.2) is 24.9 Å². The number of hydroxylamine groups is 1. The first-order chi connectivity index (χ1) is 11.2. The molecule has 1 aromatic rings. The van der Waals surface area contributed by atoms with E-state index in [-0.39, 0.29) is 0 Å². The van der Waals surface area contributed by atoms with Gasteiger partial charge < -0.3 is 5.32 Å².